The van der Waals surface area contributed by atoms with Crippen LogP contribution in [0.15, 0.2) is 17.3 Å². The summed E-state index contributed by atoms with van der Waals surface area (Å²) in [5.41, 5.74) is 11.7. The number of hydrogen-bond donors (Lipinski definition) is 1. The molecule has 1 aromatic carbocycles. The molecule has 0 spiro atoms. The van der Waals surface area contributed by atoms with Crippen LogP contribution < -0.4 is 10.5 Å². The SMILES string of the molecule is COc1cc(C)c(-c2nc3n(c2CN)CCS3)c(C)c1. The van der Waals surface area contributed by atoms with Crippen molar-refractivity contribution in [2.75, 3.05) is 12.9 Å². The summed E-state index contributed by atoms with van der Waals surface area (Å²) in [6.07, 6.45) is 0. The number of nitrogens with zero attached hydrogens (tertiary/aromatic N) is 2. The lowest BCUT2D eigenvalue weighted by atomic mass is 9.98. The first-order valence-corrected chi connectivity index (χ1v) is 7.72. The summed E-state index contributed by atoms with van der Waals surface area (Å²) in [6, 6.07) is 4.11. The van der Waals surface area contributed by atoms with Gasteiger partial charge in [-0.05, 0) is 37.1 Å². The van der Waals surface area contributed by atoms with Crippen LogP contribution >= 0.6 is 11.8 Å². The maximum atomic E-state index is 5.97. The number of aromatic nitrogens is 2. The largest absolute Gasteiger partial charge is 0.497 e. The number of fused-ring (bicyclic) bond motifs is 1. The van der Waals surface area contributed by atoms with E-state index in [1.807, 2.05) is 0 Å². The molecule has 2 heterocycles. The Bertz CT molecular complexity index is 640. The molecule has 0 unspecified atom stereocenters. The molecule has 2 N–H and O–H groups in total. The maximum Gasteiger partial charge on any atom is 0.168 e. The Morgan fingerprint density at radius 3 is 2.65 bits per heavy atom. The molecule has 2 aromatic rings. The van der Waals surface area contributed by atoms with Crippen LogP contribution in [-0.4, -0.2) is 22.4 Å². The van der Waals surface area contributed by atoms with Gasteiger partial charge in [0.05, 0.1) is 18.5 Å². The molecule has 20 heavy (non-hydrogen) atoms. The van der Waals surface area contributed by atoms with Gasteiger partial charge < -0.3 is 15.0 Å². The monoisotopic (exact) mass is 289 g/mol. The van der Waals surface area contributed by atoms with Crippen LogP contribution in [0.2, 0.25) is 0 Å². The van der Waals surface area contributed by atoms with E-state index in [0.717, 1.165) is 34.6 Å². The van der Waals surface area contributed by atoms with Gasteiger partial charge in [0, 0.05) is 24.4 Å². The van der Waals surface area contributed by atoms with Crippen molar-refractivity contribution in [3.8, 4) is 17.0 Å². The zero-order chi connectivity index (χ0) is 14.3. The number of rotatable bonds is 3. The second-order valence-electron chi connectivity index (χ2n) is 5.03. The first-order chi connectivity index (χ1) is 9.65. The summed E-state index contributed by atoms with van der Waals surface area (Å²) in [5.74, 6) is 1.98. The molecule has 5 heteroatoms. The van der Waals surface area contributed by atoms with E-state index in [2.05, 4.69) is 30.5 Å². The second kappa shape index (κ2) is 5.14. The van der Waals surface area contributed by atoms with Crippen LogP contribution in [0, 0.1) is 13.8 Å². The Kier molecular flexibility index (Phi) is 3.48. The summed E-state index contributed by atoms with van der Waals surface area (Å²) in [7, 11) is 1.70. The Labute approximate surface area is 123 Å². The lowest BCUT2D eigenvalue weighted by molar-refractivity contribution is 0.414. The highest BCUT2D eigenvalue weighted by atomic mass is 32.2. The van der Waals surface area contributed by atoms with E-state index in [4.69, 9.17) is 15.5 Å². The van der Waals surface area contributed by atoms with Crippen LogP contribution in [0.5, 0.6) is 5.75 Å². The highest BCUT2D eigenvalue weighted by Crippen LogP contribution is 2.37. The van der Waals surface area contributed by atoms with Gasteiger partial charge in [0.2, 0.25) is 0 Å². The molecule has 0 atom stereocenters. The Morgan fingerprint density at radius 2 is 2.05 bits per heavy atom. The van der Waals surface area contributed by atoms with E-state index < -0.39 is 0 Å². The lowest BCUT2D eigenvalue weighted by Gasteiger charge is -2.12. The summed E-state index contributed by atoms with van der Waals surface area (Å²) < 4.78 is 7.58. The number of benzene rings is 1. The van der Waals surface area contributed by atoms with Crippen molar-refractivity contribution in [2.24, 2.45) is 5.73 Å². The van der Waals surface area contributed by atoms with Crippen molar-refractivity contribution in [1.29, 1.82) is 0 Å². The molecule has 0 radical (unpaired) electrons. The molecular formula is C15H19N3OS. The van der Waals surface area contributed by atoms with Crippen molar-refractivity contribution in [3.05, 3.63) is 29.0 Å². The highest BCUT2D eigenvalue weighted by Gasteiger charge is 2.23. The lowest BCUT2D eigenvalue weighted by Crippen LogP contribution is -2.07. The summed E-state index contributed by atoms with van der Waals surface area (Å²) in [4.78, 5) is 4.81. The zero-order valence-electron chi connectivity index (χ0n) is 12.1. The van der Waals surface area contributed by atoms with Gasteiger partial charge in [-0.2, -0.15) is 0 Å². The smallest absolute Gasteiger partial charge is 0.168 e. The predicted molar refractivity (Wildman–Crippen MR) is 82.3 cm³/mol. The quantitative estimate of drug-likeness (QED) is 0.944. The van der Waals surface area contributed by atoms with Gasteiger partial charge in [0.15, 0.2) is 5.16 Å². The number of thioether (sulfide) groups is 1. The zero-order valence-corrected chi connectivity index (χ0v) is 12.9. The standard InChI is InChI=1S/C15H19N3OS/c1-9-6-11(19-3)7-10(2)13(9)14-12(8-16)18-4-5-20-15(18)17-14/h6-7H,4-5,8,16H2,1-3H3. The fraction of sp³-hybridized carbons (Fsp3) is 0.400. The van der Waals surface area contributed by atoms with Gasteiger partial charge in [0.25, 0.3) is 0 Å². The minimum absolute atomic E-state index is 0.522. The maximum absolute atomic E-state index is 5.97. The van der Waals surface area contributed by atoms with E-state index in [9.17, 15) is 0 Å². The number of aryl methyl sites for hydroxylation is 2. The van der Waals surface area contributed by atoms with E-state index in [0.29, 0.717) is 6.54 Å². The fourth-order valence-electron chi connectivity index (χ4n) is 2.86. The molecule has 3 rings (SSSR count). The number of hydrogen-bond acceptors (Lipinski definition) is 4. The van der Waals surface area contributed by atoms with E-state index in [1.165, 1.54) is 16.7 Å². The van der Waals surface area contributed by atoms with Crippen molar-refractivity contribution >= 4 is 11.8 Å². The molecule has 0 fully saturated rings. The van der Waals surface area contributed by atoms with Crippen LogP contribution in [0.3, 0.4) is 0 Å². The third-order valence-corrected chi connectivity index (χ3v) is 4.71. The minimum atomic E-state index is 0.522. The first kappa shape index (κ1) is 13.5. The van der Waals surface area contributed by atoms with E-state index in [1.54, 1.807) is 18.9 Å². The van der Waals surface area contributed by atoms with Crippen molar-refractivity contribution < 1.29 is 4.74 Å². The molecule has 4 nitrogen and oxygen atoms in total. The average molecular weight is 289 g/mol. The van der Waals surface area contributed by atoms with Crippen molar-refractivity contribution in [1.82, 2.24) is 9.55 Å². The normalized spacial score (nSPS) is 13.6. The van der Waals surface area contributed by atoms with Gasteiger partial charge in [-0.3, -0.25) is 0 Å². The molecule has 0 saturated heterocycles. The Balaban J connectivity index is 2.19. The van der Waals surface area contributed by atoms with Gasteiger partial charge in [-0.25, -0.2) is 4.98 Å². The molecule has 0 saturated carbocycles. The molecule has 1 aliphatic heterocycles. The Morgan fingerprint density at radius 1 is 1.35 bits per heavy atom. The minimum Gasteiger partial charge on any atom is -0.497 e. The Hall–Kier alpha value is -1.46. The third-order valence-electron chi connectivity index (χ3n) is 3.76. The number of methoxy groups -OCH3 is 1. The average Bonchev–Trinajstić information content (AvgIpc) is 2.98. The fourth-order valence-corrected chi connectivity index (χ4v) is 3.82. The molecule has 0 aliphatic carbocycles. The molecular weight excluding hydrogens is 270 g/mol. The molecule has 1 aromatic heterocycles. The topological polar surface area (TPSA) is 53.1 Å². The van der Waals surface area contributed by atoms with Crippen LogP contribution in [0.25, 0.3) is 11.3 Å². The number of ether oxygens (including phenoxy) is 1. The molecule has 106 valence electrons. The van der Waals surface area contributed by atoms with Crippen molar-refractivity contribution in [3.63, 3.8) is 0 Å². The molecule has 0 bridgehead atoms. The van der Waals surface area contributed by atoms with E-state index in [-0.39, 0.29) is 0 Å². The van der Waals surface area contributed by atoms with Gasteiger partial charge >= 0.3 is 0 Å². The van der Waals surface area contributed by atoms with Crippen LogP contribution in [-0.2, 0) is 13.1 Å². The van der Waals surface area contributed by atoms with Crippen LogP contribution in [0.1, 0.15) is 16.8 Å². The van der Waals surface area contributed by atoms with Crippen molar-refractivity contribution in [2.45, 2.75) is 32.1 Å². The van der Waals surface area contributed by atoms with Gasteiger partial charge in [-0.15, -0.1) is 0 Å². The van der Waals surface area contributed by atoms with E-state index >= 15 is 0 Å². The summed E-state index contributed by atoms with van der Waals surface area (Å²) in [6.45, 7) is 5.73. The number of nitrogens with two attached hydrogens (primary N) is 1. The first-order valence-electron chi connectivity index (χ1n) is 6.73. The van der Waals surface area contributed by atoms with Gasteiger partial charge in [-0.1, -0.05) is 11.8 Å². The van der Waals surface area contributed by atoms with Crippen LogP contribution in [0.4, 0.5) is 0 Å². The highest BCUT2D eigenvalue weighted by molar-refractivity contribution is 7.99. The molecule has 1 aliphatic rings. The summed E-state index contributed by atoms with van der Waals surface area (Å²) in [5, 5.41) is 1.09. The second-order valence-corrected chi connectivity index (χ2v) is 6.09. The van der Waals surface area contributed by atoms with Gasteiger partial charge in [0.1, 0.15) is 5.75 Å². The predicted octanol–water partition coefficient (Wildman–Crippen LogP) is 2.74. The molecule has 0 amide bonds. The summed E-state index contributed by atoms with van der Waals surface area (Å²) >= 11 is 1.80. The number of imidazole rings is 1. The third kappa shape index (κ3) is 2.01.